The molecule has 0 unspecified atom stereocenters. The van der Waals surface area contributed by atoms with Gasteiger partial charge < -0.3 is 44.4 Å². The van der Waals surface area contributed by atoms with Gasteiger partial charge in [-0.15, -0.1) is 0 Å². The van der Waals surface area contributed by atoms with E-state index in [1.165, 1.54) is 0 Å². The van der Waals surface area contributed by atoms with Gasteiger partial charge >= 0.3 is 0 Å². The molecule has 0 fully saturated rings. The topological polar surface area (TPSA) is 161 Å². The van der Waals surface area contributed by atoms with Gasteiger partial charge in [-0.25, -0.2) is 15.0 Å². The van der Waals surface area contributed by atoms with E-state index >= 15 is 0 Å². The predicted octanol–water partition coefficient (Wildman–Crippen LogP) is 6.04. The van der Waals surface area contributed by atoms with Gasteiger partial charge in [-0.05, 0) is 77.9 Å². The summed E-state index contributed by atoms with van der Waals surface area (Å²) in [5.41, 5.74) is 10.1. The molecule has 0 aliphatic heterocycles. The summed E-state index contributed by atoms with van der Waals surface area (Å²) >= 11 is 0. The second-order valence-corrected chi connectivity index (χ2v) is 10.8. The van der Waals surface area contributed by atoms with Gasteiger partial charge in [0.15, 0.2) is 17.5 Å². The van der Waals surface area contributed by atoms with E-state index in [4.69, 9.17) is 49.1 Å². The van der Waals surface area contributed by atoms with E-state index in [1.54, 1.807) is 44.2 Å². The molecule has 12 heteroatoms. The quantitative estimate of drug-likeness (QED) is 0.0839. The molecule has 0 amide bonds. The average Bonchev–Trinajstić information content (AvgIpc) is 3.08. The van der Waals surface area contributed by atoms with Crippen LogP contribution in [-0.2, 0) is 14.2 Å². The first-order valence-electron chi connectivity index (χ1n) is 16.1. The third-order valence-electron chi connectivity index (χ3n) is 7.65. The van der Waals surface area contributed by atoms with Crippen LogP contribution < -0.4 is 19.9 Å². The Hall–Kier alpha value is -4.65. The van der Waals surface area contributed by atoms with E-state index in [0.717, 1.165) is 0 Å². The minimum absolute atomic E-state index is 0.0485. The van der Waals surface area contributed by atoms with Crippen LogP contribution in [-0.4, -0.2) is 84.6 Å². The molecule has 4 N–H and O–H groups in total. The standard InChI is InChI=1S/C36H46N4O8/c1-7-43-16-19-46-28-13-10-25(31(37)22(28)4)34-38-35(26-11-14-29(23(5)32(26)41)47-20-17-44-8-2)40-36(39-34)27-12-15-30(24(6)33(27)42)48-21-18-45-9-3/h10-15,41-42H,7-9,16-21,37H2,1-6H3. The lowest BCUT2D eigenvalue weighted by Crippen LogP contribution is -2.09. The molecule has 48 heavy (non-hydrogen) atoms. The number of nitrogens with two attached hydrogens (primary N) is 1. The summed E-state index contributed by atoms with van der Waals surface area (Å²) in [4.78, 5) is 14.2. The molecule has 0 spiro atoms. The van der Waals surface area contributed by atoms with Gasteiger partial charge in [0.25, 0.3) is 0 Å². The zero-order valence-corrected chi connectivity index (χ0v) is 28.6. The Labute approximate surface area is 281 Å². The first-order chi connectivity index (χ1) is 23.2. The summed E-state index contributed by atoms with van der Waals surface area (Å²) in [6.07, 6.45) is 0. The number of nitrogens with zero attached hydrogens (tertiary/aromatic N) is 3. The fourth-order valence-electron chi connectivity index (χ4n) is 4.90. The third-order valence-corrected chi connectivity index (χ3v) is 7.65. The number of anilines is 1. The maximum Gasteiger partial charge on any atom is 0.167 e. The molecular formula is C36H46N4O8. The number of aromatic nitrogens is 3. The number of hydrogen-bond donors (Lipinski definition) is 3. The molecule has 12 nitrogen and oxygen atoms in total. The van der Waals surface area contributed by atoms with Gasteiger partial charge in [-0.2, -0.15) is 0 Å². The van der Waals surface area contributed by atoms with Crippen LogP contribution in [0.25, 0.3) is 34.2 Å². The number of hydrogen-bond acceptors (Lipinski definition) is 12. The summed E-state index contributed by atoms with van der Waals surface area (Å²) in [6.45, 7) is 15.2. The van der Waals surface area contributed by atoms with Crippen molar-refractivity contribution in [3.05, 3.63) is 53.1 Å². The van der Waals surface area contributed by atoms with Gasteiger partial charge in [0.1, 0.15) is 48.6 Å². The second kappa shape index (κ2) is 17.5. The fraction of sp³-hybridized carbons (Fsp3) is 0.417. The maximum absolute atomic E-state index is 11.3. The predicted molar refractivity (Wildman–Crippen MR) is 184 cm³/mol. The molecule has 1 heterocycles. The molecule has 3 aromatic carbocycles. The van der Waals surface area contributed by atoms with E-state index in [0.29, 0.717) is 116 Å². The first-order valence-corrected chi connectivity index (χ1v) is 16.1. The molecular weight excluding hydrogens is 616 g/mol. The number of nitrogen functional groups attached to an aromatic ring is 1. The highest BCUT2D eigenvalue weighted by molar-refractivity contribution is 5.80. The zero-order valence-electron chi connectivity index (χ0n) is 28.6. The molecule has 0 atom stereocenters. The molecule has 4 rings (SSSR count). The average molecular weight is 663 g/mol. The van der Waals surface area contributed by atoms with Crippen molar-refractivity contribution in [1.82, 2.24) is 15.0 Å². The van der Waals surface area contributed by atoms with Crippen LogP contribution >= 0.6 is 0 Å². The van der Waals surface area contributed by atoms with Crippen molar-refractivity contribution >= 4 is 5.69 Å². The highest BCUT2D eigenvalue weighted by Gasteiger charge is 2.22. The van der Waals surface area contributed by atoms with Crippen LogP contribution in [0.4, 0.5) is 5.69 Å². The molecule has 0 saturated heterocycles. The first kappa shape index (κ1) is 36.2. The van der Waals surface area contributed by atoms with Crippen LogP contribution in [0.5, 0.6) is 28.7 Å². The van der Waals surface area contributed by atoms with Crippen LogP contribution in [0, 0.1) is 20.8 Å². The van der Waals surface area contributed by atoms with Crippen molar-refractivity contribution in [2.45, 2.75) is 41.5 Å². The SMILES string of the molecule is CCOCCOc1ccc(-c2nc(-c3ccc(OCCOCC)c(C)c3O)nc(-c3ccc(OCCOCC)c(C)c3O)n2)c(N)c1C. The summed E-state index contributed by atoms with van der Waals surface area (Å²) < 4.78 is 33.7. The zero-order chi connectivity index (χ0) is 34.6. The molecule has 4 aromatic rings. The van der Waals surface area contributed by atoms with Crippen LogP contribution in [0.15, 0.2) is 36.4 Å². The summed E-state index contributed by atoms with van der Waals surface area (Å²) in [7, 11) is 0. The van der Waals surface area contributed by atoms with Crippen molar-refractivity contribution in [3.8, 4) is 62.9 Å². The van der Waals surface area contributed by atoms with Crippen molar-refractivity contribution in [3.63, 3.8) is 0 Å². The van der Waals surface area contributed by atoms with E-state index in [2.05, 4.69) is 0 Å². The monoisotopic (exact) mass is 662 g/mol. The van der Waals surface area contributed by atoms with Crippen LogP contribution in [0.2, 0.25) is 0 Å². The molecule has 258 valence electrons. The number of rotatable bonds is 18. The van der Waals surface area contributed by atoms with Crippen molar-refractivity contribution in [2.75, 3.05) is 65.2 Å². The fourth-order valence-corrected chi connectivity index (χ4v) is 4.90. The number of phenols is 2. The Morgan fingerprint density at radius 3 is 1.21 bits per heavy atom. The number of aromatic hydroxyl groups is 2. The smallest absolute Gasteiger partial charge is 0.167 e. The highest BCUT2D eigenvalue weighted by atomic mass is 16.5. The van der Waals surface area contributed by atoms with Crippen molar-refractivity contribution in [1.29, 1.82) is 0 Å². The highest BCUT2D eigenvalue weighted by Crippen LogP contribution is 2.41. The van der Waals surface area contributed by atoms with Gasteiger partial charge in [0, 0.05) is 47.8 Å². The molecule has 0 saturated carbocycles. The maximum atomic E-state index is 11.3. The summed E-state index contributed by atoms with van der Waals surface area (Å²) in [6, 6.07) is 10.5. The van der Waals surface area contributed by atoms with Gasteiger partial charge in [-0.3, -0.25) is 0 Å². The van der Waals surface area contributed by atoms with Crippen LogP contribution in [0.3, 0.4) is 0 Å². The number of phenolic OH excluding ortho intramolecular Hbond substituents is 2. The Morgan fingerprint density at radius 1 is 0.500 bits per heavy atom. The second-order valence-electron chi connectivity index (χ2n) is 10.8. The normalized spacial score (nSPS) is 11.1. The Morgan fingerprint density at radius 2 is 0.833 bits per heavy atom. The van der Waals surface area contributed by atoms with Crippen molar-refractivity contribution in [2.24, 2.45) is 0 Å². The van der Waals surface area contributed by atoms with Gasteiger partial charge in [-0.1, -0.05) is 0 Å². The molecule has 0 aliphatic carbocycles. The van der Waals surface area contributed by atoms with E-state index in [9.17, 15) is 10.2 Å². The molecule has 1 aromatic heterocycles. The van der Waals surface area contributed by atoms with Gasteiger partial charge in [0.2, 0.25) is 0 Å². The van der Waals surface area contributed by atoms with E-state index < -0.39 is 0 Å². The van der Waals surface area contributed by atoms with E-state index in [-0.39, 0.29) is 29.0 Å². The minimum atomic E-state index is -0.0485. The Kier molecular flexibility index (Phi) is 13.2. The van der Waals surface area contributed by atoms with Crippen molar-refractivity contribution < 1.29 is 38.6 Å². The molecule has 0 aliphatic rings. The summed E-state index contributed by atoms with van der Waals surface area (Å²) in [5, 5.41) is 22.7. The molecule has 0 bridgehead atoms. The Balaban J connectivity index is 1.80. The molecule has 0 radical (unpaired) electrons. The lowest BCUT2D eigenvalue weighted by Gasteiger charge is -2.17. The number of benzene rings is 3. The number of ether oxygens (including phenoxy) is 6. The van der Waals surface area contributed by atoms with E-state index in [1.807, 2.05) is 33.8 Å². The summed E-state index contributed by atoms with van der Waals surface area (Å²) in [5.74, 6) is 2.16. The lowest BCUT2D eigenvalue weighted by molar-refractivity contribution is 0.110. The lowest BCUT2D eigenvalue weighted by atomic mass is 10.0. The Bertz CT molecular complexity index is 1470. The minimum Gasteiger partial charge on any atom is -0.507 e. The van der Waals surface area contributed by atoms with Gasteiger partial charge in [0.05, 0.1) is 30.9 Å². The van der Waals surface area contributed by atoms with Crippen LogP contribution in [0.1, 0.15) is 37.5 Å². The third kappa shape index (κ3) is 8.62. The largest absolute Gasteiger partial charge is 0.507 e.